The fraction of sp³-hybridized carbons (Fsp3) is 0.538. The summed E-state index contributed by atoms with van der Waals surface area (Å²) in [5, 5.41) is 0. The summed E-state index contributed by atoms with van der Waals surface area (Å²) < 4.78 is 4.66. The number of carbonyl (C=O) groups excluding carboxylic acids is 2. The summed E-state index contributed by atoms with van der Waals surface area (Å²) in [6.45, 7) is 0.784. The average molecular weight is 235 g/mol. The molecule has 0 saturated carbocycles. The Balaban J connectivity index is 2.28. The van der Waals surface area contributed by atoms with E-state index < -0.39 is 0 Å². The van der Waals surface area contributed by atoms with Crippen molar-refractivity contribution in [3.05, 3.63) is 23.8 Å². The molecule has 4 nitrogen and oxygen atoms in total. The molecule has 0 aromatic rings. The molecule has 2 heterocycles. The maximum absolute atomic E-state index is 11.8. The second-order valence-corrected chi connectivity index (χ2v) is 4.36. The molecule has 1 saturated heterocycles. The first-order valence-electron chi connectivity index (χ1n) is 5.97. The van der Waals surface area contributed by atoms with E-state index >= 15 is 0 Å². The molecule has 0 aromatic heterocycles. The van der Waals surface area contributed by atoms with Crippen molar-refractivity contribution in [2.75, 3.05) is 13.7 Å². The first kappa shape index (κ1) is 11.9. The van der Waals surface area contributed by atoms with E-state index in [0.29, 0.717) is 6.42 Å². The van der Waals surface area contributed by atoms with E-state index in [4.69, 9.17) is 0 Å². The van der Waals surface area contributed by atoms with Crippen molar-refractivity contribution in [1.29, 1.82) is 0 Å². The van der Waals surface area contributed by atoms with Gasteiger partial charge in [0, 0.05) is 19.0 Å². The van der Waals surface area contributed by atoms with E-state index in [0.717, 1.165) is 31.4 Å². The predicted molar refractivity (Wildman–Crippen MR) is 63.2 cm³/mol. The zero-order valence-corrected chi connectivity index (χ0v) is 10.0. The van der Waals surface area contributed by atoms with Crippen molar-refractivity contribution in [3.63, 3.8) is 0 Å². The van der Waals surface area contributed by atoms with Crippen LogP contribution in [0.25, 0.3) is 0 Å². The van der Waals surface area contributed by atoms with Gasteiger partial charge in [-0.05, 0) is 24.8 Å². The van der Waals surface area contributed by atoms with Gasteiger partial charge in [0.05, 0.1) is 13.2 Å². The SMILES string of the molecule is COC(=O)/C=C1\CCCCN2C(=O)CC=CC12. The Morgan fingerprint density at radius 2 is 2.35 bits per heavy atom. The minimum Gasteiger partial charge on any atom is -0.466 e. The van der Waals surface area contributed by atoms with E-state index in [-0.39, 0.29) is 17.9 Å². The third-order valence-corrected chi connectivity index (χ3v) is 3.27. The standard InChI is InChI=1S/C13H17NO3/c1-17-13(16)9-10-5-2-3-8-14-11(10)6-4-7-12(14)15/h4,6,9,11H,2-3,5,7-8H2,1H3/b10-9+. The summed E-state index contributed by atoms with van der Waals surface area (Å²) in [6, 6.07) is -0.0437. The third-order valence-electron chi connectivity index (χ3n) is 3.27. The number of rotatable bonds is 1. The van der Waals surface area contributed by atoms with Gasteiger partial charge in [0.15, 0.2) is 0 Å². The fourth-order valence-corrected chi connectivity index (χ4v) is 2.39. The Morgan fingerprint density at radius 1 is 1.53 bits per heavy atom. The number of ether oxygens (including phenoxy) is 1. The Bertz CT molecular complexity index is 384. The first-order chi connectivity index (χ1) is 8.22. The highest BCUT2D eigenvalue weighted by Gasteiger charge is 2.29. The molecule has 2 rings (SSSR count). The van der Waals surface area contributed by atoms with Gasteiger partial charge in [-0.2, -0.15) is 0 Å². The highest BCUT2D eigenvalue weighted by atomic mass is 16.5. The molecule has 1 fully saturated rings. The topological polar surface area (TPSA) is 46.6 Å². The second kappa shape index (κ2) is 5.17. The molecule has 4 heteroatoms. The smallest absolute Gasteiger partial charge is 0.330 e. The number of hydrogen-bond acceptors (Lipinski definition) is 3. The predicted octanol–water partition coefficient (Wildman–Crippen LogP) is 1.43. The molecule has 0 bridgehead atoms. The normalized spacial score (nSPS) is 26.6. The molecule has 0 aliphatic carbocycles. The van der Waals surface area contributed by atoms with Crippen LogP contribution in [-0.4, -0.2) is 36.5 Å². The van der Waals surface area contributed by atoms with Crippen LogP contribution >= 0.6 is 0 Å². The van der Waals surface area contributed by atoms with Crippen molar-refractivity contribution in [3.8, 4) is 0 Å². The number of nitrogens with zero attached hydrogens (tertiary/aromatic N) is 1. The molecule has 0 spiro atoms. The molecular formula is C13H17NO3. The van der Waals surface area contributed by atoms with Gasteiger partial charge in [0.1, 0.15) is 0 Å². The van der Waals surface area contributed by atoms with Crippen LogP contribution in [0.4, 0.5) is 0 Å². The van der Waals surface area contributed by atoms with Crippen molar-refractivity contribution in [2.24, 2.45) is 0 Å². The van der Waals surface area contributed by atoms with Crippen LogP contribution < -0.4 is 0 Å². The van der Waals surface area contributed by atoms with Crippen molar-refractivity contribution >= 4 is 11.9 Å². The van der Waals surface area contributed by atoms with Gasteiger partial charge in [-0.25, -0.2) is 4.79 Å². The van der Waals surface area contributed by atoms with E-state index in [1.807, 2.05) is 17.1 Å². The maximum Gasteiger partial charge on any atom is 0.330 e. The van der Waals surface area contributed by atoms with Crippen LogP contribution in [0.3, 0.4) is 0 Å². The molecule has 1 atom stereocenters. The largest absolute Gasteiger partial charge is 0.466 e. The summed E-state index contributed by atoms with van der Waals surface area (Å²) in [5.41, 5.74) is 0.985. The summed E-state index contributed by atoms with van der Waals surface area (Å²) in [5.74, 6) is -0.191. The van der Waals surface area contributed by atoms with Gasteiger partial charge in [0.25, 0.3) is 0 Å². The third kappa shape index (κ3) is 2.57. The Morgan fingerprint density at radius 3 is 3.12 bits per heavy atom. The van der Waals surface area contributed by atoms with E-state index in [1.165, 1.54) is 13.2 Å². The van der Waals surface area contributed by atoms with Crippen LogP contribution in [0.1, 0.15) is 25.7 Å². The molecule has 0 radical (unpaired) electrons. The minimum absolute atomic E-state index is 0.0437. The lowest BCUT2D eigenvalue weighted by Gasteiger charge is -2.31. The molecule has 92 valence electrons. The number of carbonyl (C=O) groups is 2. The molecule has 17 heavy (non-hydrogen) atoms. The van der Waals surface area contributed by atoms with Crippen molar-refractivity contribution < 1.29 is 14.3 Å². The maximum atomic E-state index is 11.8. The molecule has 2 aliphatic heterocycles. The minimum atomic E-state index is -0.340. The molecule has 2 aliphatic rings. The van der Waals surface area contributed by atoms with Gasteiger partial charge >= 0.3 is 5.97 Å². The number of methoxy groups -OCH3 is 1. The van der Waals surface area contributed by atoms with Crippen molar-refractivity contribution in [2.45, 2.75) is 31.7 Å². The molecule has 1 unspecified atom stereocenters. The van der Waals surface area contributed by atoms with Gasteiger partial charge in [-0.15, -0.1) is 0 Å². The average Bonchev–Trinajstić information content (AvgIpc) is 2.53. The Kier molecular flexibility index (Phi) is 3.61. The fourth-order valence-electron chi connectivity index (χ4n) is 2.39. The van der Waals surface area contributed by atoms with Gasteiger partial charge < -0.3 is 9.64 Å². The summed E-state index contributed by atoms with van der Waals surface area (Å²) in [7, 11) is 1.37. The van der Waals surface area contributed by atoms with Crippen LogP contribution in [0.5, 0.6) is 0 Å². The van der Waals surface area contributed by atoms with Crippen LogP contribution in [0.15, 0.2) is 23.8 Å². The number of esters is 1. The Hall–Kier alpha value is -1.58. The molecular weight excluding hydrogens is 218 g/mol. The lowest BCUT2D eigenvalue weighted by molar-refractivity contribution is -0.135. The lowest BCUT2D eigenvalue weighted by Crippen LogP contribution is -2.41. The summed E-state index contributed by atoms with van der Waals surface area (Å²) in [4.78, 5) is 25.0. The van der Waals surface area contributed by atoms with Crippen LogP contribution in [0, 0.1) is 0 Å². The highest BCUT2D eigenvalue weighted by Crippen LogP contribution is 2.26. The number of hydrogen-bond donors (Lipinski definition) is 0. The lowest BCUT2D eigenvalue weighted by atomic mass is 9.98. The molecule has 1 amide bonds. The van der Waals surface area contributed by atoms with E-state index in [9.17, 15) is 9.59 Å². The van der Waals surface area contributed by atoms with Crippen LogP contribution in [-0.2, 0) is 14.3 Å². The molecule has 0 aromatic carbocycles. The van der Waals surface area contributed by atoms with Gasteiger partial charge in [-0.1, -0.05) is 12.2 Å². The first-order valence-corrected chi connectivity index (χ1v) is 5.97. The second-order valence-electron chi connectivity index (χ2n) is 4.36. The zero-order chi connectivity index (χ0) is 12.3. The van der Waals surface area contributed by atoms with Gasteiger partial charge in [-0.3, -0.25) is 4.79 Å². The summed E-state index contributed by atoms with van der Waals surface area (Å²) >= 11 is 0. The summed E-state index contributed by atoms with van der Waals surface area (Å²) in [6.07, 6.45) is 8.77. The van der Waals surface area contributed by atoms with Gasteiger partial charge in [0.2, 0.25) is 5.91 Å². The quantitative estimate of drug-likeness (QED) is 0.392. The zero-order valence-electron chi connectivity index (χ0n) is 10.0. The number of fused-ring (bicyclic) bond motifs is 1. The van der Waals surface area contributed by atoms with E-state index in [2.05, 4.69) is 4.74 Å². The highest BCUT2D eigenvalue weighted by molar-refractivity contribution is 5.84. The number of amides is 1. The van der Waals surface area contributed by atoms with Crippen LogP contribution in [0.2, 0.25) is 0 Å². The molecule has 0 N–H and O–H groups in total. The monoisotopic (exact) mass is 235 g/mol. The Labute approximate surface area is 101 Å². The van der Waals surface area contributed by atoms with E-state index in [1.54, 1.807) is 0 Å². The van der Waals surface area contributed by atoms with Crippen molar-refractivity contribution in [1.82, 2.24) is 4.90 Å².